The van der Waals surface area contributed by atoms with Crippen LogP contribution in [-0.4, -0.2) is 47.3 Å². The molecular formula is C25H32N6O3. The molecule has 0 saturated heterocycles. The van der Waals surface area contributed by atoms with E-state index in [1.807, 2.05) is 19.1 Å². The molecule has 9 heteroatoms. The third kappa shape index (κ3) is 5.78. The van der Waals surface area contributed by atoms with Gasteiger partial charge in [-0.1, -0.05) is 20.8 Å². The number of pyridine rings is 2. The number of allylic oxidation sites excluding steroid dienone is 1. The van der Waals surface area contributed by atoms with E-state index in [0.29, 0.717) is 24.3 Å². The number of nitrogen functional groups attached to an aromatic ring is 1. The lowest BCUT2D eigenvalue weighted by Crippen LogP contribution is -2.37. The topological polar surface area (TPSA) is 132 Å². The van der Waals surface area contributed by atoms with E-state index in [2.05, 4.69) is 46.1 Å². The summed E-state index contributed by atoms with van der Waals surface area (Å²) in [5.74, 6) is 0.745. The molecule has 0 aromatic carbocycles. The second-order valence-electron chi connectivity index (χ2n) is 9.37. The highest BCUT2D eigenvalue weighted by Crippen LogP contribution is 2.40. The maximum absolute atomic E-state index is 12.1. The number of amides is 1. The molecule has 0 aliphatic carbocycles. The van der Waals surface area contributed by atoms with Crippen molar-refractivity contribution in [1.29, 1.82) is 0 Å². The summed E-state index contributed by atoms with van der Waals surface area (Å²) in [6.45, 7) is 10.2. The molecule has 180 valence electrons. The second kappa shape index (κ2) is 10.0. The van der Waals surface area contributed by atoms with Crippen molar-refractivity contribution in [2.45, 2.75) is 47.1 Å². The number of aliphatic imine (C=N–C) groups is 1. The van der Waals surface area contributed by atoms with Gasteiger partial charge in [-0.25, -0.2) is 14.8 Å². The van der Waals surface area contributed by atoms with Crippen molar-refractivity contribution in [3.63, 3.8) is 0 Å². The summed E-state index contributed by atoms with van der Waals surface area (Å²) in [6, 6.07) is 5.46. The van der Waals surface area contributed by atoms with Crippen molar-refractivity contribution >= 4 is 40.5 Å². The molecule has 34 heavy (non-hydrogen) atoms. The molecule has 0 bridgehead atoms. The lowest BCUT2D eigenvalue weighted by molar-refractivity contribution is 0.101. The standard InChI is InChI=1S/C25H32N6O3/c1-14(30-24(33)34-6)12-28-21-10-16(7-8-27-21)22-19(11-20(31-22)25(3,4)5)17-9-18(15(2)32)23(26)29-13-17/h7-10,13-14H,11-12H2,1-6H3,(H2,26,29)(H,27,28)(H,30,33)/t14-/m0/s1. The molecule has 0 spiro atoms. The maximum atomic E-state index is 12.1. The predicted molar refractivity (Wildman–Crippen MR) is 135 cm³/mol. The van der Waals surface area contributed by atoms with Crippen LogP contribution >= 0.6 is 0 Å². The van der Waals surface area contributed by atoms with Crippen LogP contribution in [0.1, 0.15) is 62.5 Å². The molecular weight excluding hydrogens is 432 g/mol. The minimum Gasteiger partial charge on any atom is -0.453 e. The molecule has 3 heterocycles. The van der Waals surface area contributed by atoms with E-state index < -0.39 is 6.09 Å². The molecule has 0 radical (unpaired) electrons. The number of carbonyl (C=O) groups is 2. The van der Waals surface area contributed by atoms with Crippen molar-refractivity contribution in [1.82, 2.24) is 15.3 Å². The van der Waals surface area contributed by atoms with Crippen molar-refractivity contribution in [3.05, 3.63) is 47.3 Å². The largest absolute Gasteiger partial charge is 0.453 e. The summed E-state index contributed by atoms with van der Waals surface area (Å²) in [5.41, 5.74) is 10.7. The van der Waals surface area contributed by atoms with Crippen LogP contribution in [-0.2, 0) is 4.74 Å². The molecule has 1 aliphatic heterocycles. The van der Waals surface area contributed by atoms with Crippen molar-refractivity contribution in [3.8, 4) is 0 Å². The molecule has 4 N–H and O–H groups in total. The number of anilines is 2. The number of hydrogen-bond acceptors (Lipinski definition) is 8. The highest BCUT2D eigenvalue weighted by molar-refractivity contribution is 6.12. The third-order valence-electron chi connectivity index (χ3n) is 5.56. The van der Waals surface area contributed by atoms with Gasteiger partial charge in [0, 0.05) is 48.1 Å². The number of ether oxygens (including phenoxy) is 1. The fourth-order valence-corrected chi connectivity index (χ4v) is 3.57. The average molecular weight is 465 g/mol. The summed E-state index contributed by atoms with van der Waals surface area (Å²) in [7, 11) is 1.33. The van der Waals surface area contributed by atoms with E-state index in [4.69, 9.17) is 10.7 Å². The van der Waals surface area contributed by atoms with Gasteiger partial charge < -0.3 is 21.1 Å². The lowest BCUT2D eigenvalue weighted by Gasteiger charge is -2.18. The Morgan fingerprint density at radius 1 is 1.21 bits per heavy atom. The third-order valence-corrected chi connectivity index (χ3v) is 5.56. The molecule has 2 aromatic heterocycles. The molecule has 0 unspecified atom stereocenters. The van der Waals surface area contributed by atoms with Crippen LogP contribution in [0, 0.1) is 5.41 Å². The Balaban J connectivity index is 1.97. The second-order valence-corrected chi connectivity index (χ2v) is 9.37. The number of ketones is 1. The van der Waals surface area contributed by atoms with E-state index in [1.54, 1.807) is 18.5 Å². The molecule has 1 amide bonds. The Labute approximate surface area is 199 Å². The van der Waals surface area contributed by atoms with Gasteiger partial charge in [0.2, 0.25) is 0 Å². The molecule has 1 atom stereocenters. The van der Waals surface area contributed by atoms with Crippen LogP contribution in [0.2, 0.25) is 0 Å². The van der Waals surface area contributed by atoms with Crippen LogP contribution in [0.4, 0.5) is 16.4 Å². The van der Waals surface area contributed by atoms with E-state index >= 15 is 0 Å². The average Bonchev–Trinajstić information content (AvgIpc) is 3.24. The number of alkyl carbamates (subject to hydrolysis) is 1. The fourth-order valence-electron chi connectivity index (χ4n) is 3.57. The Bertz CT molecular complexity index is 1160. The molecule has 3 rings (SSSR count). The normalized spacial score (nSPS) is 14.5. The number of rotatable bonds is 7. The number of aromatic nitrogens is 2. The number of nitrogens with two attached hydrogens (primary N) is 1. The summed E-state index contributed by atoms with van der Waals surface area (Å²) in [6.07, 6.45) is 3.57. The van der Waals surface area contributed by atoms with Gasteiger partial charge in [0.15, 0.2) is 5.78 Å². The van der Waals surface area contributed by atoms with Crippen LogP contribution < -0.4 is 16.4 Å². The van der Waals surface area contributed by atoms with Crippen LogP contribution in [0.3, 0.4) is 0 Å². The van der Waals surface area contributed by atoms with Gasteiger partial charge in [0.1, 0.15) is 11.6 Å². The number of nitrogens with one attached hydrogen (secondary N) is 2. The van der Waals surface area contributed by atoms with E-state index in [1.165, 1.54) is 14.0 Å². The Morgan fingerprint density at radius 2 is 1.94 bits per heavy atom. The Morgan fingerprint density at radius 3 is 2.59 bits per heavy atom. The number of Topliss-reactive ketones (excluding diaryl/α,β-unsaturated/α-hetero) is 1. The first kappa shape index (κ1) is 24.9. The summed E-state index contributed by atoms with van der Waals surface area (Å²) in [4.78, 5) is 37.1. The zero-order valence-electron chi connectivity index (χ0n) is 20.5. The van der Waals surface area contributed by atoms with Crippen molar-refractivity contribution < 1.29 is 14.3 Å². The number of nitrogens with zero attached hydrogens (tertiary/aromatic N) is 3. The van der Waals surface area contributed by atoms with E-state index in [-0.39, 0.29) is 23.1 Å². The van der Waals surface area contributed by atoms with Crippen molar-refractivity contribution in [2.75, 3.05) is 24.7 Å². The van der Waals surface area contributed by atoms with Crippen LogP contribution in [0.15, 0.2) is 35.6 Å². The minimum atomic E-state index is -0.483. The molecule has 2 aromatic rings. The van der Waals surface area contributed by atoms with Gasteiger partial charge >= 0.3 is 6.09 Å². The fraction of sp³-hybridized carbons (Fsp3) is 0.400. The van der Waals surface area contributed by atoms with Gasteiger partial charge in [0.05, 0.1) is 18.4 Å². The minimum absolute atomic E-state index is 0.124. The molecule has 9 nitrogen and oxygen atoms in total. The van der Waals surface area contributed by atoms with Crippen molar-refractivity contribution in [2.24, 2.45) is 10.4 Å². The summed E-state index contributed by atoms with van der Waals surface area (Å²) >= 11 is 0. The van der Waals surface area contributed by atoms with Crippen LogP contribution in [0.25, 0.3) is 11.3 Å². The van der Waals surface area contributed by atoms with E-state index in [9.17, 15) is 9.59 Å². The number of carbonyl (C=O) groups excluding carboxylic acids is 2. The van der Waals surface area contributed by atoms with Gasteiger partial charge in [-0.2, -0.15) is 0 Å². The highest BCUT2D eigenvalue weighted by atomic mass is 16.5. The maximum Gasteiger partial charge on any atom is 0.407 e. The predicted octanol–water partition coefficient (Wildman–Crippen LogP) is 4.18. The van der Waals surface area contributed by atoms with Gasteiger partial charge in [-0.3, -0.25) is 9.79 Å². The molecule has 1 aliphatic rings. The zero-order valence-corrected chi connectivity index (χ0v) is 20.5. The van der Waals surface area contributed by atoms with Gasteiger partial charge in [0.25, 0.3) is 0 Å². The first-order chi connectivity index (χ1) is 16.0. The monoisotopic (exact) mass is 464 g/mol. The van der Waals surface area contributed by atoms with Gasteiger partial charge in [-0.05, 0) is 43.2 Å². The number of hydrogen-bond donors (Lipinski definition) is 3. The molecule has 0 saturated carbocycles. The quantitative estimate of drug-likeness (QED) is 0.524. The summed E-state index contributed by atoms with van der Waals surface area (Å²) in [5, 5.41) is 5.95. The number of methoxy groups -OCH3 is 1. The van der Waals surface area contributed by atoms with Crippen LogP contribution in [0.5, 0.6) is 0 Å². The lowest BCUT2D eigenvalue weighted by atomic mass is 9.86. The summed E-state index contributed by atoms with van der Waals surface area (Å²) < 4.78 is 4.63. The zero-order chi connectivity index (χ0) is 25.0. The first-order valence-corrected chi connectivity index (χ1v) is 11.1. The smallest absolute Gasteiger partial charge is 0.407 e. The molecule has 0 fully saturated rings. The van der Waals surface area contributed by atoms with E-state index in [0.717, 1.165) is 28.1 Å². The Kier molecular flexibility index (Phi) is 7.34. The SMILES string of the molecule is COC(=O)N[C@@H](C)CNc1cc(C2=C(c3cnc(N)c(C(C)=O)c3)CC(C(C)(C)C)=N2)ccn1. The first-order valence-electron chi connectivity index (χ1n) is 11.1. The Hall–Kier alpha value is -3.75. The van der Waals surface area contributed by atoms with Gasteiger partial charge in [-0.15, -0.1) is 0 Å². The highest BCUT2D eigenvalue weighted by Gasteiger charge is 2.29.